The molecule has 1 aliphatic heterocycles. The van der Waals surface area contributed by atoms with Crippen molar-refractivity contribution in [1.29, 1.82) is 0 Å². The first-order valence-electron chi connectivity index (χ1n) is 6.54. The molecule has 1 unspecified atom stereocenters. The number of hydrogen-bond donors (Lipinski definition) is 2. The molecule has 0 amide bonds. The van der Waals surface area contributed by atoms with Gasteiger partial charge in [-0.15, -0.1) is 0 Å². The molecule has 0 aliphatic carbocycles. The summed E-state index contributed by atoms with van der Waals surface area (Å²) in [4.78, 5) is -0.143. The van der Waals surface area contributed by atoms with Gasteiger partial charge in [-0.2, -0.15) is 0 Å². The molecule has 2 rings (SSSR count). The van der Waals surface area contributed by atoms with Gasteiger partial charge in [0.2, 0.25) is 10.0 Å². The number of hydrogen-bond acceptors (Lipinski definition) is 5. The fourth-order valence-corrected chi connectivity index (χ4v) is 3.63. The van der Waals surface area contributed by atoms with Crippen molar-refractivity contribution in [2.24, 2.45) is 5.73 Å². The molecule has 1 heterocycles. The Hall–Kier alpha value is -1.06. The molecule has 0 bridgehead atoms. The van der Waals surface area contributed by atoms with E-state index in [9.17, 15) is 12.8 Å². The van der Waals surface area contributed by atoms with E-state index in [1.807, 2.05) is 0 Å². The summed E-state index contributed by atoms with van der Waals surface area (Å²) in [5.74, 6) is -0.633. The first-order valence-corrected chi connectivity index (χ1v) is 8.02. The first-order chi connectivity index (χ1) is 9.94. The van der Waals surface area contributed by atoms with Crippen LogP contribution >= 0.6 is 0 Å². The molecular weight excluding hydrogens is 299 g/mol. The molecule has 3 N–H and O–H groups in total. The van der Waals surface area contributed by atoms with Crippen molar-refractivity contribution in [2.45, 2.75) is 23.5 Å². The smallest absolute Gasteiger partial charge is 0.241 e. The zero-order valence-corrected chi connectivity index (χ0v) is 12.6. The van der Waals surface area contributed by atoms with Crippen LogP contribution in [0.1, 0.15) is 12.0 Å². The zero-order chi connectivity index (χ0) is 15.5. The molecule has 8 heteroatoms. The number of nitrogens with one attached hydrogen (secondary N) is 1. The van der Waals surface area contributed by atoms with Gasteiger partial charge < -0.3 is 15.2 Å². The molecule has 0 saturated carbocycles. The first kappa shape index (κ1) is 16.3. The van der Waals surface area contributed by atoms with E-state index in [4.69, 9.17) is 15.2 Å². The van der Waals surface area contributed by atoms with Crippen LogP contribution in [-0.4, -0.2) is 40.9 Å². The molecular formula is C13H19FN2O4S. The highest BCUT2D eigenvalue weighted by Gasteiger charge is 2.36. The van der Waals surface area contributed by atoms with Crippen LogP contribution in [0.2, 0.25) is 0 Å². The monoisotopic (exact) mass is 318 g/mol. The number of benzene rings is 1. The minimum atomic E-state index is -3.87. The van der Waals surface area contributed by atoms with Crippen molar-refractivity contribution in [3.05, 3.63) is 29.6 Å². The minimum Gasteiger partial charge on any atom is -0.378 e. The second kappa shape index (κ2) is 6.37. The van der Waals surface area contributed by atoms with Crippen molar-refractivity contribution >= 4 is 10.0 Å². The molecule has 1 fully saturated rings. The van der Waals surface area contributed by atoms with Crippen molar-refractivity contribution in [1.82, 2.24) is 4.72 Å². The fourth-order valence-electron chi connectivity index (χ4n) is 2.25. The number of halogens is 1. The number of ether oxygens (including phenoxy) is 2. The maximum Gasteiger partial charge on any atom is 0.241 e. The number of methoxy groups -OCH3 is 1. The van der Waals surface area contributed by atoms with Gasteiger partial charge in [0.1, 0.15) is 11.4 Å². The average Bonchev–Trinajstić information content (AvgIpc) is 2.94. The van der Waals surface area contributed by atoms with E-state index < -0.39 is 21.4 Å². The van der Waals surface area contributed by atoms with Crippen LogP contribution in [0.4, 0.5) is 4.39 Å². The summed E-state index contributed by atoms with van der Waals surface area (Å²) in [6.45, 7) is 0.705. The molecule has 0 aromatic heterocycles. The largest absolute Gasteiger partial charge is 0.378 e. The van der Waals surface area contributed by atoms with Crippen LogP contribution in [0.25, 0.3) is 0 Å². The summed E-state index contributed by atoms with van der Waals surface area (Å²) >= 11 is 0. The maximum atomic E-state index is 13.6. The highest BCUT2D eigenvalue weighted by Crippen LogP contribution is 2.23. The quantitative estimate of drug-likeness (QED) is 0.791. The predicted octanol–water partition coefficient (Wildman–Crippen LogP) is 0.368. The number of rotatable bonds is 6. The third-order valence-electron chi connectivity index (χ3n) is 3.65. The third-order valence-corrected chi connectivity index (χ3v) is 5.14. The lowest BCUT2D eigenvalue weighted by molar-refractivity contribution is -0.0120. The fraction of sp³-hybridized carbons (Fsp3) is 0.538. The third kappa shape index (κ3) is 3.41. The molecule has 1 atom stereocenters. The number of sulfonamides is 1. The minimum absolute atomic E-state index is 0.0286. The van der Waals surface area contributed by atoms with Crippen molar-refractivity contribution in [2.75, 3.05) is 26.9 Å². The van der Waals surface area contributed by atoms with Crippen molar-refractivity contribution in [3.8, 4) is 0 Å². The molecule has 1 aromatic rings. The lowest BCUT2D eigenvalue weighted by Gasteiger charge is -2.26. The average molecular weight is 318 g/mol. The second-order valence-corrected chi connectivity index (χ2v) is 6.67. The predicted molar refractivity (Wildman–Crippen MR) is 74.7 cm³/mol. The lowest BCUT2D eigenvalue weighted by atomic mass is 10.0. The molecule has 0 radical (unpaired) electrons. The topological polar surface area (TPSA) is 90.7 Å². The molecule has 1 aliphatic rings. The summed E-state index contributed by atoms with van der Waals surface area (Å²) in [7, 11) is -2.36. The summed E-state index contributed by atoms with van der Waals surface area (Å²) in [6, 6.07) is 3.86. The van der Waals surface area contributed by atoms with Crippen LogP contribution in [-0.2, 0) is 26.0 Å². The van der Waals surface area contributed by atoms with Gasteiger partial charge in [-0.1, -0.05) is 6.07 Å². The van der Waals surface area contributed by atoms with Crippen LogP contribution in [0, 0.1) is 5.82 Å². The van der Waals surface area contributed by atoms with Gasteiger partial charge in [-0.05, 0) is 12.1 Å². The Morgan fingerprint density at radius 3 is 2.86 bits per heavy atom. The summed E-state index contributed by atoms with van der Waals surface area (Å²) in [5, 5.41) is 0. The highest BCUT2D eigenvalue weighted by molar-refractivity contribution is 7.89. The van der Waals surface area contributed by atoms with Gasteiger partial charge in [0.25, 0.3) is 0 Å². The standard InChI is InChI=1S/C13H19FN2O4S/c1-19-13(5-6-20-9-13)8-16-21(17,18)12-4-2-3-11(14)10(12)7-15/h2-4,16H,5-9,15H2,1H3. The summed E-state index contributed by atoms with van der Waals surface area (Å²) in [6.07, 6.45) is 0.596. The SMILES string of the molecule is COC1(CNS(=O)(=O)c2cccc(F)c2CN)CCOC1. The molecule has 1 aromatic carbocycles. The van der Waals surface area contributed by atoms with Crippen molar-refractivity contribution in [3.63, 3.8) is 0 Å². The molecule has 6 nitrogen and oxygen atoms in total. The van der Waals surface area contributed by atoms with Gasteiger partial charge in [-0.3, -0.25) is 0 Å². The second-order valence-electron chi connectivity index (χ2n) is 4.93. The van der Waals surface area contributed by atoms with E-state index >= 15 is 0 Å². The molecule has 118 valence electrons. The van der Waals surface area contributed by atoms with Gasteiger partial charge in [0, 0.05) is 38.8 Å². The lowest BCUT2D eigenvalue weighted by Crippen LogP contribution is -2.45. The Kier molecular flexibility index (Phi) is 4.95. The Labute approximate surface area is 123 Å². The molecule has 1 saturated heterocycles. The Balaban J connectivity index is 2.21. The van der Waals surface area contributed by atoms with E-state index in [1.54, 1.807) is 0 Å². The molecule has 21 heavy (non-hydrogen) atoms. The van der Waals surface area contributed by atoms with Crippen LogP contribution in [0.15, 0.2) is 23.1 Å². The Morgan fingerprint density at radius 1 is 1.52 bits per heavy atom. The Bertz CT molecular complexity index is 600. The molecule has 0 spiro atoms. The van der Waals surface area contributed by atoms with Gasteiger partial charge in [0.15, 0.2) is 0 Å². The van der Waals surface area contributed by atoms with Gasteiger partial charge >= 0.3 is 0 Å². The van der Waals surface area contributed by atoms with Gasteiger partial charge in [-0.25, -0.2) is 17.5 Å². The Morgan fingerprint density at radius 2 is 2.29 bits per heavy atom. The zero-order valence-electron chi connectivity index (χ0n) is 11.8. The van der Waals surface area contributed by atoms with E-state index in [0.717, 1.165) is 0 Å². The van der Waals surface area contributed by atoms with Crippen LogP contribution in [0.3, 0.4) is 0 Å². The van der Waals surface area contributed by atoms with Gasteiger partial charge in [0.05, 0.1) is 11.5 Å². The maximum absolute atomic E-state index is 13.6. The summed E-state index contributed by atoms with van der Waals surface area (Å²) < 4.78 is 51.4. The van der Waals surface area contributed by atoms with Crippen LogP contribution < -0.4 is 10.5 Å². The normalized spacial score (nSPS) is 22.6. The highest BCUT2D eigenvalue weighted by atomic mass is 32.2. The summed E-state index contributed by atoms with van der Waals surface area (Å²) in [5.41, 5.74) is 4.74. The van der Waals surface area contributed by atoms with E-state index in [-0.39, 0.29) is 23.5 Å². The van der Waals surface area contributed by atoms with E-state index in [0.29, 0.717) is 19.6 Å². The van der Waals surface area contributed by atoms with E-state index in [1.165, 1.54) is 25.3 Å². The van der Waals surface area contributed by atoms with Crippen LogP contribution in [0.5, 0.6) is 0 Å². The van der Waals surface area contributed by atoms with E-state index in [2.05, 4.69) is 4.72 Å². The number of nitrogens with two attached hydrogens (primary N) is 1. The van der Waals surface area contributed by atoms with Crippen molar-refractivity contribution < 1.29 is 22.3 Å².